The summed E-state index contributed by atoms with van der Waals surface area (Å²) in [6.45, 7) is 2.70. The zero-order chi connectivity index (χ0) is 17.6. The number of carbonyl (C=O) groups excluding carboxylic acids is 1. The van der Waals surface area contributed by atoms with Gasteiger partial charge in [-0.1, -0.05) is 0 Å². The Morgan fingerprint density at radius 3 is 2.84 bits per heavy atom. The van der Waals surface area contributed by atoms with Gasteiger partial charge in [0.05, 0.1) is 11.3 Å². The number of hydrogen-bond acceptors (Lipinski definition) is 4. The van der Waals surface area contributed by atoms with Gasteiger partial charge >= 0.3 is 5.97 Å². The second-order valence-corrected chi connectivity index (χ2v) is 6.18. The topological polar surface area (TPSA) is 97.4 Å². The van der Waals surface area contributed by atoms with Crippen molar-refractivity contribution in [2.24, 2.45) is 0 Å². The van der Waals surface area contributed by atoms with Crippen molar-refractivity contribution in [1.82, 2.24) is 9.78 Å². The first kappa shape index (κ1) is 15.4. The summed E-state index contributed by atoms with van der Waals surface area (Å²) in [5.41, 5.74) is 2.51. The summed E-state index contributed by atoms with van der Waals surface area (Å²) in [6.07, 6.45) is 3.92. The van der Waals surface area contributed by atoms with E-state index in [0.29, 0.717) is 34.7 Å². The molecule has 0 bridgehead atoms. The number of furan rings is 1. The number of carboxylic acid groups (broad SMARTS) is 1. The third-order valence-corrected chi connectivity index (χ3v) is 4.31. The van der Waals surface area contributed by atoms with Gasteiger partial charge in [0.15, 0.2) is 0 Å². The number of nitrogens with one attached hydrogen (secondary N) is 1. The van der Waals surface area contributed by atoms with Crippen LogP contribution in [0.25, 0.3) is 11.0 Å². The van der Waals surface area contributed by atoms with Crippen LogP contribution < -0.4 is 5.32 Å². The predicted molar refractivity (Wildman–Crippen MR) is 91.0 cm³/mol. The second kappa shape index (κ2) is 5.77. The molecule has 0 unspecified atom stereocenters. The van der Waals surface area contributed by atoms with Crippen LogP contribution >= 0.6 is 0 Å². The minimum atomic E-state index is -1.12. The SMILES string of the molecule is CCn1cc(C(=O)Nc2ccc3oc(C(=O)O)cc3c2)c(C2CC2)n1. The number of aryl methyl sites for hydroxylation is 1. The summed E-state index contributed by atoms with van der Waals surface area (Å²) in [6, 6.07) is 6.48. The summed E-state index contributed by atoms with van der Waals surface area (Å²) >= 11 is 0. The molecule has 1 aliphatic rings. The average Bonchev–Trinajstić information content (AvgIpc) is 3.20. The average molecular weight is 339 g/mol. The lowest BCUT2D eigenvalue weighted by Crippen LogP contribution is -2.13. The molecule has 1 fully saturated rings. The first-order chi connectivity index (χ1) is 12.0. The van der Waals surface area contributed by atoms with Gasteiger partial charge in [-0.3, -0.25) is 9.48 Å². The molecule has 2 N–H and O–H groups in total. The standard InChI is InChI=1S/C18H17N3O4/c1-2-21-9-13(16(20-21)10-3-4-10)17(22)19-12-5-6-14-11(7-12)8-15(25-14)18(23)24/h5-10H,2-4H2,1H3,(H,19,22)(H,23,24). The van der Waals surface area contributed by atoms with Gasteiger partial charge in [0.2, 0.25) is 5.76 Å². The van der Waals surface area contributed by atoms with Gasteiger partial charge in [-0.2, -0.15) is 5.10 Å². The van der Waals surface area contributed by atoms with Gasteiger partial charge in [-0.15, -0.1) is 0 Å². The maximum Gasteiger partial charge on any atom is 0.371 e. The van der Waals surface area contributed by atoms with Crippen LogP contribution in [0.3, 0.4) is 0 Å². The van der Waals surface area contributed by atoms with E-state index in [1.165, 1.54) is 6.07 Å². The van der Waals surface area contributed by atoms with Crippen LogP contribution in [-0.2, 0) is 6.54 Å². The molecule has 1 aromatic carbocycles. The minimum Gasteiger partial charge on any atom is -0.475 e. The van der Waals surface area contributed by atoms with E-state index in [-0.39, 0.29) is 11.7 Å². The van der Waals surface area contributed by atoms with Crippen molar-refractivity contribution < 1.29 is 19.1 Å². The molecule has 3 aromatic rings. The number of carboxylic acids is 1. The molecular weight excluding hydrogens is 322 g/mol. The number of nitrogens with zero attached hydrogens (tertiary/aromatic N) is 2. The first-order valence-electron chi connectivity index (χ1n) is 8.20. The predicted octanol–water partition coefficient (Wildman–Crippen LogP) is 3.48. The maximum absolute atomic E-state index is 12.7. The van der Waals surface area contributed by atoms with Crippen molar-refractivity contribution in [2.75, 3.05) is 5.32 Å². The summed E-state index contributed by atoms with van der Waals surface area (Å²) in [5, 5.41) is 17.0. The van der Waals surface area contributed by atoms with E-state index >= 15 is 0 Å². The smallest absolute Gasteiger partial charge is 0.371 e. The van der Waals surface area contributed by atoms with Crippen LogP contribution in [-0.4, -0.2) is 26.8 Å². The number of hydrogen-bond donors (Lipinski definition) is 2. The van der Waals surface area contributed by atoms with Gasteiger partial charge in [-0.25, -0.2) is 4.79 Å². The van der Waals surface area contributed by atoms with Crippen LogP contribution in [0.5, 0.6) is 0 Å². The third-order valence-electron chi connectivity index (χ3n) is 4.31. The molecule has 1 aliphatic carbocycles. The largest absolute Gasteiger partial charge is 0.475 e. The Balaban J connectivity index is 1.61. The zero-order valence-corrected chi connectivity index (χ0v) is 13.7. The van der Waals surface area contributed by atoms with Gasteiger partial charge < -0.3 is 14.8 Å². The van der Waals surface area contributed by atoms with Crippen molar-refractivity contribution >= 4 is 28.5 Å². The minimum absolute atomic E-state index is 0.126. The highest BCUT2D eigenvalue weighted by Gasteiger charge is 2.31. The van der Waals surface area contributed by atoms with Gasteiger partial charge in [0.1, 0.15) is 5.58 Å². The molecule has 0 radical (unpaired) electrons. The molecule has 4 rings (SSSR count). The molecule has 2 heterocycles. The van der Waals surface area contributed by atoms with Crippen molar-refractivity contribution in [3.05, 3.63) is 47.5 Å². The normalized spacial score (nSPS) is 14.0. The molecule has 1 saturated carbocycles. The van der Waals surface area contributed by atoms with Gasteiger partial charge in [-0.05, 0) is 44.0 Å². The van der Waals surface area contributed by atoms with E-state index in [1.807, 2.05) is 6.92 Å². The number of aromatic carboxylic acids is 1. The van der Waals surface area contributed by atoms with E-state index in [4.69, 9.17) is 9.52 Å². The first-order valence-corrected chi connectivity index (χ1v) is 8.20. The third kappa shape index (κ3) is 2.88. The number of fused-ring (bicyclic) bond motifs is 1. The van der Waals surface area contributed by atoms with Crippen molar-refractivity contribution in [1.29, 1.82) is 0 Å². The number of carbonyl (C=O) groups is 2. The highest BCUT2D eigenvalue weighted by molar-refractivity contribution is 6.06. The van der Waals surface area contributed by atoms with Gasteiger partial charge in [0, 0.05) is 29.7 Å². The van der Waals surface area contributed by atoms with Crippen LogP contribution in [0.1, 0.15) is 52.3 Å². The molecule has 2 aromatic heterocycles. The quantitative estimate of drug-likeness (QED) is 0.742. The summed E-state index contributed by atoms with van der Waals surface area (Å²) in [7, 11) is 0. The fourth-order valence-electron chi connectivity index (χ4n) is 2.86. The monoisotopic (exact) mass is 339 g/mol. The molecule has 0 atom stereocenters. The molecule has 7 nitrogen and oxygen atoms in total. The Labute approximate surface area is 143 Å². The Hall–Kier alpha value is -3.09. The van der Waals surface area contributed by atoms with Crippen LogP contribution in [0, 0.1) is 0 Å². The number of amides is 1. The highest BCUT2D eigenvalue weighted by Crippen LogP contribution is 2.41. The fraction of sp³-hybridized carbons (Fsp3) is 0.278. The van der Waals surface area contributed by atoms with E-state index in [9.17, 15) is 9.59 Å². The lowest BCUT2D eigenvalue weighted by Gasteiger charge is -2.05. The number of aromatic nitrogens is 2. The Morgan fingerprint density at radius 2 is 2.16 bits per heavy atom. The summed E-state index contributed by atoms with van der Waals surface area (Å²) in [5.74, 6) is -1.08. The highest BCUT2D eigenvalue weighted by atomic mass is 16.4. The number of rotatable bonds is 5. The second-order valence-electron chi connectivity index (χ2n) is 6.18. The summed E-state index contributed by atoms with van der Waals surface area (Å²) < 4.78 is 7.00. The molecule has 1 amide bonds. The van der Waals surface area contributed by atoms with Gasteiger partial charge in [0.25, 0.3) is 5.91 Å². The number of benzene rings is 1. The van der Waals surface area contributed by atoms with Crippen molar-refractivity contribution in [2.45, 2.75) is 32.2 Å². The lowest BCUT2D eigenvalue weighted by atomic mass is 10.1. The molecule has 128 valence electrons. The molecule has 0 spiro atoms. The Morgan fingerprint density at radius 1 is 1.36 bits per heavy atom. The van der Waals surface area contributed by atoms with Crippen molar-refractivity contribution in [3.63, 3.8) is 0 Å². The fourth-order valence-corrected chi connectivity index (χ4v) is 2.86. The van der Waals surface area contributed by atoms with E-state index < -0.39 is 5.97 Å². The van der Waals surface area contributed by atoms with Crippen LogP contribution in [0.2, 0.25) is 0 Å². The van der Waals surface area contributed by atoms with Crippen molar-refractivity contribution in [3.8, 4) is 0 Å². The maximum atomic E-state index is 12.7. The van der Waals surface area contributed by atoms with Crippen LogP contribution in [0.15, 0.2) is 34.9 Å². The van der Waals surface area contributed by atoms with E-state index in [2.05, 4.69) is 10.4 Å². The Kier molecular flexibility index (Phi) is 3.56. The molecule has 0 saturated heterocycles. The van der Waals surface area contributed by atoms with Crippen LogP contribution in [0.4, 0.5) is 5.69 Å². The molecular formula is C18H17N3O4. The van der Waals surface area contributed by atoms with E-state index in [1.54, 1.807) is 29.1 Å². The Bertz CT molecular complexity index is 982. The lowest BCUT2D eigenvalue weighted by molar-refractivity contribution is 0.0665. The zero-order valence-electron chi connectivity index (χ0n) is 13.7. The number of anilines is 1. The molecule has 0 aliphatic heterocycles. The summed E-state index contributed by atoms with van der Waals surface area (Å²) in [4.78, 5) is 23.6. The molecule has 7 heteroatoms. The van der Waals surface area contributed by atoms with E-state index in [0.717, 1.165) is 18.5 Å². The molecule has 25 heavy (non-hydrogen) atoms.